The van der Waals surface area contributed by atoms with E-state index < -0.39 is 5.82 Å². The van der Waals surface area contributed by atoms with Crippen LogP contribution in [0.25, 0.3) is 0 Å². The van der Waals surface area contributed by atoms with Gasteiger partial charge in [0.25, 0.3) is 5.91 Å². The van der Waals surface area contributed by atoms with E-state index in [1.54, 1.807) is 12.1 Å². The second-order valence-electron chi connectivity index (χ2n) is 6.36. The second kappa shape index (κ2) is 7.28. The van der Waals surface area contributed by atoms with Crippen LogP contribution in [0.1, 0.15) is 36.7 Å². The first-order chi connectivity index (χ1) is 11.2. The molecule has 2 aromatic rings. The normalized spacial score (nSPS) is 11.0. The smallest absolute Gasteiger partial charge is 0.257 e. The van der Waals surface area contributed by atoms with Crippen LogP contribution in [0.2, 0.25) is 5.02 Å². The number of benzene rings is 2. The molecule has 2 aromatic carbocycles. The highest BCUT2D eigenvalue weighted by atomic mass is 35.5. The number of hydrogen-bond donors (Lipinski definition) is 2. The summed E-state index contributed by atoms with van der Waals surface area (Å²) in [6.45, 7) is 6.32. The Morgan fingerprint density at radius 1 is 1.12 bits per heavy atom. The molecule has 6 heteroatoms. The van der Waals surface area contributed by atoms with E-state index in [2.05, 4.69) is 31.4 Å². The van der Waals surface area contributed by atoms with Gasteiger partial charge in [-0.1, -0.05) is 44.5 Å². The van der Waals surface area contributed by atoms with Crippen LogP contribution in [0.4, 0.5) is 10.1 Å². The molecule has 0 aliphatic carbocycles. The Kier molecular flexibility index (Phi) is 5.57. The minimum atomic E-state index is -0.517. The summed E-state index contributed by atoms with van der Waals surface area (Å²) in [5, 5.41) is 5.47. The van der Waals surface area contributed by atoms with E-state index in [9.17, 15) is 9.18 Å². The first-order valence-electron chi connectivity index (χ1n) is 7.35. The lowest BCUT2D eigenvalue weighted by Gasteiger charge is -2.19. The molecule has 2 N–H and O–H groups in total. The molecule has 0 aliphatic heterocycles. The Bertz CT molecular complexity index is 770. The van der Waals surface area contributed by atoms with Crippen molar-refractivity contribution in [1.29, 1.82) is 0 Å². The van der Waals surface area contributed by atoms with Gasteiger partial charge in [0.1, 0.15) is 5.82 Å². The van der Waals surface area contributed by atoms with Crippen LogP contribution in [0.3, 0.4) is 0 Å². The molecule has 0 fully saturated rings. The molecule has 24 heavy (non-hydrogen) atoms. The number of anilines is 1. The predicted octanol–water partition coefficient (Wildman–Crippen LogP) is 4.90. The molecule has 1 amide bonds. The van der Waals surface area contributed by atoms with Gasteiger partial charge in [0.2, 0.25) is 0 Å². The van der Waals surface area contributed by atoms with Gasteiger partial charge in [0, 0.05) is 11.3 Å². The average molecular weight is 365 g/mol. The molecule has 3 nitrogen and oxygen atoms in total. The van der Waals surface area contributed by atoms with Crippen LogP contribution in [-0.2, 0) is 5.41 Å². The minimum Gasteiger partial charge on any atom is -0.332 e. The number of hydrogen-bond acceptors (Lipinski definition) is 2. The summed E-state index contributed by atoms with van der Waals surface area (Å²) in [4.78, 5) is 12.2. The van der Waals surface area contributed by atoms with Crippen molar-refractivity contribution in [3.63, 3.8) is 0 Å². The van der Waals surface area contributed by atoms with Crippen LogP contribution in [0.15, 0.2) is 42.5 Å². The number of amides is 1. The van der Waals surface area contributed by atoms with Crippen molar-refractivity contribution in [3.8, 4) is 0 Å². The number of carbonyl (C=O) groups is 1. The molecule has 0 spiro atoms. The predicted molar refractivity (Wildman–Crippen MR) is 100 cm³/mol. The lowest BCUT2D eigenvalue weighted by Crippen LogP contribution is -2.34. The quantitative estimate of drug-likeness (QED) is 0.744. The fraction of sp³-hybridized carbons (Fsp3) is 0.222. The molecule has 0 atom stereocenters. The summed E-state index contributed by atoms with van der Waals surface area (Å²) < 4.78 is 13.1. The van der Waals surface area contributed by atoms with Crippen LogP contribution in [0, 0.1) is 5.82 Å². The molecule has 0 radical (unpaired) electrons. The molecular formula is C18H18ClFN2OS. The maximum absolute atomic E-state index is 13.1. The van der Waals surface area contributed by atoms with E-state index in [0.717, 1.165) is 5.56 Å². The van der Waals surface area contributed by atoms with E-state index in [4.69, 9.17) is 23.8 Å². The van der Waals surface area contributed by atoms with Gasteiger partial charge >= 0.3 is 0 Å². The molecule has 0 unspecified atom stereocenters. The van der Waals surface area contributed by atoms with Crippen LogP contribution in [-0.4, -0.2) is 11.0 Å². The van der Waals surface area contributed by atoms with E-state index in [1.165, 1.54) is 18.2 Å². The minimum absolute atomic E-state index is 0.0214. The number of thiocarbonyl (C=S) groups is 1. The lowest BCUT2D eigenvalue weighted by molar-refractivity contribution is 0.0977. The Labute approximate surface area is 151 Å². The van der Waals surface area contributed by atoms with Crippen molar-refractivity contribution < 1.29 is 9.18 Å². The van der Waals surface area contributed by atoms with Crippen LogP contribution < -0.4 is 10.6 Å². The lowest BCUT2D eigenvalue weighted by atomic mass is 9.87. The molecule has 0 aliphatic rings. The van der Waals surface area contributed by atoms with E-state index >= 15 is 0 Å². The van der Waals surface area contributed by atoms with Crippen LogP contribution in [0.5, 0.6) is 0 Å². The Hall–Kier alpha value is -1.98. The van der Waals surface area contributed by atoms with E-state index in [1.807, 2.05) is 12.1 Å². The van der Waals surface area contributed by atoms with Crippen molar-refractivity contribution in [1.82, 2.24) is 5.32 Å². The highest BCUT2D eigenvalue weighted by Crippen LogP contribution is 2.22. The van der Waals surface area contributed by atoms with Crippen molar-refractivity contribution >= 4 is 40.5 Å². The third-order valence-corrected chi connectivity index (χ3v) is 3.91. The molecule has 0 saturated heterocycles. The zero-order valence-corrected chi connectivity index (χ0v) is 15.2. The summed E-state index contributed by atoms with van der Waals surface area (Å²) in [5.41, 5.74) is 2.16. The SMILES string of the molecule is CC(C)(C)c1ccc(C(=O)NC(=S)Nc2ccc(F)c(Cl)c2)cc1. The zero-order valence-electron chi connectivity index (χ0n) is 13.6. The van der Waals surface area contributed by atoms with Crippen molar-refractivity contribution in [2.24, 2.45) is 0 Å². The number of halogens is 2. The van der Waals surface area contributed by atoms with Crippen molar-refractivity contribution in [3.05, 3.63) is 64.4 Å². The third-order valence-electron chi connectivity index (χ3n) is 3.42. The number of carbonyl (C=O) groups excluding carboxylic acids is 1. The maximum atomic E-state index is 13.1. The monoisotopic (exact) mass is 364 g/mol. The van der Waals surface area contributed by atoms with Gasteiger partial charge in [-0.25, -0.2) is 4.39 Å². The van der Waals surface area contributed by atoms with Crippen molar-refractivity contribution in [2.75, 3.05) is 5.32 Å². The average Bonchev–Trinajstić information content (AvgIpc) is 2.50. The molecule has 0 aromatic heterocycles. The fourth-order valence-electron chi connectivity index (χ4n) is 2.03. The zero-order chi connectivity index (χ0) is 17.9. The number of nitrogens with one attached hydrogen (secondary N) is 2. The van der Waals surface area contributed by atoms with Gasteiger partial charge < -0.3 is 5.32 Å². The van der Waals surface area contributed by atoms with Gasteiger partial charge in [-0.3, -0.25) is 10.1 Å². The topological polar surface area (TPSA) is 41.1 Å². The van der Waals surface area contributed by atoms with Gasteiger partial charge in [-0.05, 0) is 53.5 Å². The first-order valence-corrected chi connectivity index (χ1v) is 8.13. The highest BCUT2D eigenvalue weighted by Gasteiger charge is 2.14. The van der Waals surface area contributed by atoms with Gasteiger partial charge in [0.15, 0.2) is 5.11 Å². The van der Waals surface area contributed by atoms with Gasteiger partial charge in [0.05, 0.1) is 5.02 Å². The molecule has 0 bridgehead atoms. The van der Waals surface area contributed by atoms with E-state index in [0.29, 0.717) is 11.3 Å². The second-order valence-corrected chi connectivity index (χ2v) is 7.18. The van der Waals surface area contributed by atoms with E-state index in [-0.39, 0.29) is 21.5 Å². The maximum Gasteiger partial charge on any atom is 0.257 e. The Balaban J connectivity index is 2.00. The Morgan fingerprint density at radius 2 is 1.75 bits per heavy atom. The summed E-state index contributed by atoms with van der Waals surface area (Å²) >= 11 is 10.8. The molecule has 2 rings (SSSR count). The van der Waals surface area contributed by atoms with Crippen LogP contribution >= 0.6 is 23.8 Å². The fourth-order valence-corrected chi connectivity index (χ4v) is 2.42. The highest BCUT2D eigenvalue weighted by molar-refractivity contribution is 7.80. The standard InChI is InChI=1S/C18H18ClFN2OS/c1-18(2,3)12-6-4-11(5-7-12)16(23)22-17(24)21-13-8-9-15(20)14(19)10-13/h4-10H,1-3H3,(H2,21,22,23,24). The molecule has 126 valence electrons. The third kappa shape index (κ3) is 4.76. The van der Waals surface area contributed by atoms with Gasteiger partial charge in [-0.2, -0.15) is 0 Å². The number of rotatable bonds is 2. The molecule has 0 saturated carbocycles. The molecular weight excluding hydrogens is 347 g/mol. The first kappa shape index (κ1) is 18.4. The Morgan fingerprint density at radius 3 is 2.29 bits per heavy atom. The summed E-state index contributed by atoms with van der Waals surface area (Å²) in [5.74, 6) is -0.836. The summed E-state index contributed by atoms with van der Waals surface area (Å²) in [6.07, 6.45) is 0. The summed E-state index contributed by atoms with van der Waals surface area (Å²) in [7, 11) is 0. The molecule has 0 heterocycles. The van der Waals surface area contributed by atoms with Crippen molar-refractivity contribution in [2.45, 2.75) is 26.2 Å². The largest absolute Gasteiger partial charge is 0.332 e. The van der Waals surface area contributed by atoms with Gasteiger partial charge in [-0.15, -0.1) is 0 Å². The summed E-state index contributed by atoms with van der Waals surface area (Å²) in [6, 6.07) is 11.5.